The summed E-state index contributed by atoms with van der Waals surface area (Å²) in [5.74, 6) is -0.120. The number of nitrogens with zero attached hydrogens (tertiary/aromatic N) is 1. The first-order valence-electron chi connectivity index (χ1n) is 11.4. The molecule has 1 spiro atoms. The van der Waals surface area contributed by atoms with E-state index in [9.17, 15) is 9.59 Å². The highest BCUT2D eigenvalue weighted by Crippen LogP contribution is 2.50. The Bertz CT molecular complexity index is 887. The molecule has 4 rings (SSSR count). The summed E-state index contributed by atoms with van der Waals surface area (Å²) in [5, 5.41) is 3.21. The predicted molar refractivity (Wildman–Crippen MR) is 119 cm³/mol. The van der Waals surface area contributed by atoms with E-state index < -0.39 is 0 Å². The average Bonchev–Trinajstić information content (AvgIpc) is 3.24. The van der Waals surface area contributed by atoms with E-state index in [4.69, 9.17) is 0 Å². The molecule has 2 aliphatic rings. The summed E-state index contributed by atoms with van der Waals surface area (Å²) in [5.41, 5.74) is 2.46. The molecule has 0 unspecified atom stereocenters. The summed E-state index contributed by atoms with van der Waals surface area (Å²) in [7, 11) is 0. The van der Waals surface area contributed by atoms with E-state index in [1.165, 1.54) is 5.56 Å². The minimum absolute atomic E-state index is 0.0641. The van der Waals surface area contributed by atoms with Gasteiger partial charge in [-0.1, -0.05) is 74.7 Å². The van der Waals surface area contributed by atoms with Crippen molar-refractivity contribution < 1.29 is 9.59 Å². The first kappa shape index (κ1) is 20.6. The lowest BCUT2D eigenvalue weighted by atomic mass is 9.71. The number of carbonyl (C=O) groups excluding carboxylic acids is 2. The van der Waals surface area contributed by atoms with E-state index in [0.717, 1.165) is 57.1 Å². The third-order valence-corrected chi connectivity index (χ3v) is 6.84. The van der Waals surface area contributed by atoms with Crippen molar-refractivity contribution in [2.75, 3.05) is 13.1 Å². The first-order valence-corrected chi connectivity index (χ1v) is 11.4. The van der Waals surface area contributed by atoms with Gasteiger partial charge in [-0.05, 0) is 42.9 Å². The van der Waals surface area contributed by atoms with Gasteiger partial charge < -0.3 is 10.2 Å². The number of carbonyl (C=O) groups is 2. The number of benzene rings is 2. The molecule has 1 aliphatic carbocycles. The molecule has 2 amide bonds. The highest BCUT2D eigenvalue weighted by Gasteiger charge is 2.55. The van der Waals surface area contributed by atoms with Gasteiger partial charge in [-0.3, -0.25) is 9.59 Å². The van der Waals surface area contributed by atoms with Gasteiger partial charge in [0.1, 0.15) is 0 Å². The Kier molecular flexibility index (Phi) is 6.21. The molecule has 30 heavy (non-hydrogen) atoms. The van der Waals surface area contributed by atoms with Crippen molar-refractivity contribution >= 4 is 11.8 Å². The highest BCUT2D eigenvalue weighted by molar-refractivity contribution is 6.02. The van der Waals surface area contributed by atoms with Crippen LogP contribution < -0.4 is 5.32 Å². The second kappa shape index (κ2) is 9.03. The van der Waals surface area contributed by atoms with Crippen LogP contribution in [0.4, 0.5) is 0 Å². The van der Waals surface area contributed by atoms with E-state index in [1.807, 2.05) is 42.5 Å². The lowest BCUT2D eigenvalue weighted by Crippen LogP contribution is -2.60. The number of hydrogen-bond donors (Lipinski definition) is 1. The zero-order chi connectivity index (χ0) is 21.0. The maximum Gasteiger partial charge on any atom is 0.254 e. The molecule has 0 aromatic heterocycles. The number of hydrogen-bond acceptors (Lipinski definition) is 2. The van der Waals surface area contributed by atoms with Crippen molar-refractivity contribution in [1.29, 1.82) is 0 Å². The van der Waals surface area contributed by atoms with E-state index in [1.54, 1.807) is 0 Å². The van der Waals surface area contributed by atoms with Gasteiger partial charge in [0, 0.05) is 18.7 Å². The van der Waals surface area contributed by atoms with E-state index >= 15 is 0 Å². The Balaban J connectivity index is 1.63. The summed E-state index contributed by atoms with van der Waals surface area (Å²) in [6, 6.07) is 18.0. The molecule has 1 saturated carbocycles. The Hall–Kier alpha value is -2.62. The van der Waals surface area contributed by atoms with E-state index in [-0.39, 0.29) is 23.3 Å². The Morgan fingerprint density at radius 3 is 2.50 bits per heavy atom. The quantitative estimate of drug-likeness (QED) is 0.727. The summed E-state index contributed by atoms with van der Waals surface area (Å²) in [6.45, 7) is 3.50. The van der Waals surface area contributed by atoms with Crippen molar-refractivity contribution in [2.45, 2.75) is 63.3 Å². The molecule has 4 nitrogen and oxygen atoms in total. The van der Waals surface area contributed by atoms with Crippen LogP contribution in [0.25, 0.3) is 0 Å². The molecule has 2 aromatic carbocycles. The van der Waals surface area contributed by atoms with Crippen molar-refractivity contribution in [3.05, 3.63) is 71.3 Å². The van der Waals surface area contributed by atoms with Crippen LogP contribution in [0.1, 0.15) is 72.9 Å². The minimum Gasteiger partial charge on any atom is -0.355 e. The van der Waals surface area contributed by atoms with Crippen LogP contribution in [0, 0.1) is 0 Å². The van der Waals surface area contributed by atoms with E-state index in [0.29, 0.717) is 12.1 Å². The lowest BCUT2D eigenvalue weighted by molar-refractivity contribution is -0.126. The molecule has 1 aliphatic heterocycles. The van der Waals surface area contributed by atoms with Gasteiger partial charge in [-0.15, -0.1) is 0 Å². The first-order chi connectivity index (χ1) is 14.7. The van der Waals surface area contributed by atoms with Crippen LogP contribution in [0.3, 0.4) is 0 Å². The number of amides is 2. The minimum atomic E-state index is -0.378. The van der Waals surface area contributed by atoms with Gasteiger partial charge in [0.05, 0.1) is 11.5 Å². The molecule has 1 heterocycles. The van der Waals surface area contributed by atoms with Crippen molar-refractivity contribution in [3.8, 4) is 0 Å². The fourth-order valence-electron chi connectivity index (χ4n) is 5.38. The van der Waals surface area contributed by atoms with Gasteiger partial charge in [-0.25, -0.2) is 0 Å². The van der Waals surface area contributed by atoms with Gasteiger partial charge in [0.15, 0.2) is 0 Å². The van der Waals surface area contributed by atoms with Gasteiger partial charge >= 0.3 is 0 Å². The second-order valence-electron chi connectivity index (χ2n) is 8.67. The molecular formula is C26H32N2O2. The van der Waals surface area contributed by atoms with Crippen LogP contribution in [-0.2, 0) is 11.2 Å². The lowest BCUT2D eigenvalue weighted by Gasteiger charge is -2.50. The molecule has 1 N–H and O–H groups in total. The number of nitrogens with one attached hydrogen (secondary N) is 1. The summed E-state index contributed by atoms with van der Waals surface area (Å²) in [4.78, 5) is 29.1. The molecular weight excluding hydrogens is 372 g/mol. The van der Waals surface area contributed by atoms with Crippen LogP contribution in [0.5, 0.6) is 0 Å². The number of rotatable bonds is 7. The van der Waals surface area contributed by atoms with Gasteiger partial charge in [-0.2, -0.15) is 0 Å². The van der Waals surface area contributed by atoms with Crippen LogP contribution in [-0.4, -0.2) is 35.3 Å². The standard InChI is InChI=1S/C26H32N2O2/c1-2-3-19-28-25(30)22-14-8-7-13-21(22)23(26(28)16-9-10-17-26)24(29)27-18-15-20-11-5-4-6-12-20/h4-8,11-14,23H,2-3,9-10,15-19H2,1H3,(H,27,29)/t23-/m1/s1. The fourth-order valence-corrected chi connectivity index (χ4v) is 5.38. The third-order valence-electron chi connectivity index (χ3n) is 6.84. The van der Waals surface area contributed by atoms with Crippen LogP contribution in [0.15, 0.2) is 54.6 Å². The van der Waals surface area contributed by atoms with Crippen LogP contribution >= 0.6 is 0 Å². The third kappa shape index (κ3) is 3.76. The SMILES string of the molecule is CCCCN1C(=O)c2ccccc2[C@H](C(=O)NCCc2ccccc2)C12CCCC2. The molecule has 2 aromatic rings. The van der Waals surface area contributed by atoms with Gasteiger partial charge in [0.25, 0.3) is 5.91 Å². The molecule has 1 fully saturated rings. The average molecular weight is 405 g/mol. The van der Waals surface area contributed by atoms with Crippen molar-refractivity contribution in [1.82, 2.24) is 10.2 Å². The maximum atomic E-state index is 13.6. The Morgan fingerprint density at radius 1 is 1.07 bits per heavy atom. The molecule has 158 valence electrons. The molecule has 0 radical (unpaired) electrons. The normalized spacial score (nSPS) is 19.7. The number of fused-ring (bicyclic) bond motifs is 1. The highest BCUT2D eigenvalue weighted by atomic mass is 16.2. The monoisotopic (exact) mass is 404 g/mol. The molecule has 0 bridgehead atoms. The maximum absolute atomic E-state index is 13.6. The van der Waals surface area contributed by atoms with Crippen molar-refractivity contribution in [3.63, 3.8) is 0 Å². The topological polar surface area (TPSA) is 49.4 Å². The smallest absolute Gasteiger partial charge is 0.254 e. The Morgan fingerprint density at radius 2 is 1.77 bits per heavy atom. The Labute approximate surface area is 179 Å². The van der Waals surface area contributed by atoms with Gasteiger partial charge in [0.2, 0.25) is 5.91 Å². The summed E-state index contributed by atoms with van der Waals surface area (Å²) < 4.78 is 0. The molecule has 1 atom stereocenters. The largest absolute Gasteiger partial charge is 0.355 e. The zero-order valence-electron chi connectivity index (χ0n) is 17.9. The molecule has 4 heteroatoms. The second-order valence-corrected chi connectivity index (χ2v) is 8.67. The van der Waals surface area contributed by atoms with E-state index in [2.05, 4.69) is 29.3 Å². The van der Waals surface area contributed by atoms with Crippen molar-refractivity contribution in [2.24, 2.45) is 0 Å². The predicted octanol–water partition coefficient (Wildman–Crippen LogP) is 4.70. The summed E-state index contributed by atoms with van der Waals surface area (Å²) >= 11 is 0. The number of unbranched alkanes of at least 4 members (excludes halogenated alkanes) is 1. The fraction of sp³-hybridized carbons (Fsp3) is 0.462. The zero-order valence-corrected chi connectivity index (χ0v) is 17.9. The van der Waals surface area contributed by atoms with Crippen LogP contribution in [0.2, 0.25) is 0 Å². The summed E-state index contributed by atoms with van der Waals surface area (Å²) in [6.07, 6.45) is 6.79. The molecule has 0 saturated heterocycles.